The van der Waals surface area contributed by atoms with Gasteiger partial charge in [-0.25, -0.2) is 4.79 Å². The first-order chi connectivity index (χ1) is 8.54. The van der Waals surface area contributed by atoms with Crippen molar-refractivity contribution in [2.24, 2.45) is 0 Å². The van der Waals surface area contributed by atoms with Gasteiger partial charge < -0.3 is 20.1 Å². The summed E-state index contributed by atoms with van der Waals surface area (Å²) in [5.41, 5.74) is 0. The topological polar surface area (TPSA) is 78.9 Å². The number of rotatable bonds is 9. The predicted octanol–water partition coefficient (Wildman–Crippen LogP) is 0.860. The number of carboxylic acids is 1. The van der Waals surface area contributed by atoms with E-state index in [0.717, 1.165) is 0 Å². The Labute approximate surface area is 107 Å². The lowest BCUT2D eigenvalue weighted by molar-refractivity contribution is -0.139. The third-order valence-corrected chi connectivity index (χ3v) is 2.20. The van der Waals surface area contributed by atoms with Crippen LogP contribution in [0.15, 0.2) is 25.3 Å². The fourth-order valence-corrected chi connectivity index (χ4v) is 1.30. The van der Waals surface area contributed by atoms with Gasteiger partial charge in [-0.1, -0.05) is 12.2 Å². The molecule has 2 N–H and O–H groups in total. The van der Waals surface area contributed by atoms with Crippen molar-refractivity contribution >= 4 is 12.0 Å². The van der Waals surface area contributed by atoms with Crippen LogP contribution < -0.4 is 5.32 Å². The quantitative estimate of drug-likeness (QED) is 0.600. The van der Waals surface area contributed by atoms with Crippen LogP contribution in [0.2, 0.25) is 0 Å². The number of nitrogens with zero attached hydrogens (tertiary/aromatic N) is 1. The average Bonchev–Trinajstić information content (AvgIpc) is 2.33. The average molecular weight is 256 g/mol. The highest BCUT2D eigenvalue weighted by molar-refractivity contribution is 5.74. The van der Waals surface area contributed by atoms with Crippen LogP contribution in [-0.2, 0) is 9.53 Å². The van der Waals surface area contributed by atoms with Crippen molar-refractivity contribution in [3.05, 3.63) is 25.3 Å². The van der Waals surface area contributed by atoms with E-state index in [1.165, 1.54) is 12.0 Å². The number of aliphatic carboxylic acids is 1. The van der Waals surface area contributed by atoms with Gasteiger partial charge in [-0.3, -0.25) is 4.79 Å². The Balaban J connectivity index is 4.22. The van der Waals surface area contributed by atoms with Gasteiger partial charge in [0.2, 0.25) is 0 Å². The van der Waals surface area contributed by atoms with E-state index in [4.69, 9.17) is 9.84 Å². The molecule has 102 valence electrons. The van der Waals surface area contributed by atoms with Crippen LogP contribution in [-0.4, -0.2) is 54.9 Å². The highest BCUT2D eigenvalue weighted by Crippen LogP contribution is 1.97. The van der Waals surface area contributed by atoms with Gasteiger partial charge in [-0.15, -0.1) is 13.2 Å². The van der Waals surface area contributed by atoms with Crippen molar-refractivity contribution < 1.29 is 19.4 Å². The van der Waals surface area contributed by atoms with Gasteiger partial charge in [0.05, 0.1) is 12.5 Å². The van der Waals surface area contributed by atoms with Crippen LogP contribution >= 0.6 is 0 Å². The number of amides is 2. The zero-order chi connectivity index (χ0) is 14.0. The molecule has 1 unspecified atom stereocenters. The molecule has 0 aliphatic heterocycles. The maximum Gasteiger partial charge on any atom is 0.318 e. The van der Waals surface area contributed by atoms with Crippen molar-refractivity contribution in [1.82, 2.24) is 10.2 Å². The number of hydrogen-bond acceptors (Lipinski definition) is 3. The van der Waals surface area contributed by atoms with Crippen LogP contribution in [0, 0.1) is 0 Å². The molecule has 6 heteroatoms. The summed E-state index contributed by atoms with van der Waals surface area (Å²) in [6.45, 7) is 8.05. The summed E-state index contributed by atoms with van der Waals surface area (Å²) in [4.78, 5) is 23.8. The lowest BCUT2D eigenvalue weighted by Gasteiger charge is -2.21. The van der Waals surface area contributed by atoms with Crippen molar-refractivity contribution in [3.8, 4) is 0 Å². The number of nitrogens with one attached hydrogen (secondary N) is 1. The molecule has 0 aromatic heterocycles. The molecule has 0 saturated carbocycles. The fourth-order valence-electron chi connectivity index (χ4n) is 1.30. The molecule has 0 aliphatic rings. The summed E-state index contributed by atoms with van der Waals surface area (Å²) in [5.74, 6) is -0.967. The van der Waals surface area contributed by atoms with Gasteiger partial charge in [0.1, 0.15) is 0 Å². The molecule has 0 aromatic rings. The molecule has 0 aliphatic carbocycles. The van der Waals surface area contributed by atoms with E-state index >= 15 is 0 Å². The van der Waals surface area contributed by atoms with Crippen LogP contribution in [0.4, 0.5) is 4.79 Å². The Bertz CT molecular complexity index is 294. The molecule has 18 heavy (non-hydrogen) atoms. The summed E-state index contributed by atoms with van der Waals surface area (Å²) < 4.78 is 4.96. The van der Waals surface area contributed by atoms with E-state index in [2.05, 4.69) is 18.5 Å². The Kier molecular flexibility index (Phi) is 8.30. The molecule has 0 aromatic carbocycles. The van der Waals surface area contributed by atoms with Crippen LogP contribution in [0.3, 0.4) is 0 Å². The number of ether oxygens (including phenoxy) is 1. The highest BCUT2D eigenvalue weighted by Gasteiger charge is 2.15. The minimum absolute atomic E-state index is 0.145. The summed E-state index contributed by atoms with van der Waals surface area (Å²) in [7, 11) is 1.41. The van der Waals surface area contributed by atoms with Crippen molar-refractivity contribution in [1.29, 1.82) is 0 Å². The van der Waals surface area contributed by atoms with E-state index in [-0.39, 0.29) is 19.0 Å². The van der Waals surface area contributed by atoms with Gasteiger partial charge in [0.15, 0.2) is 0 Å². The molecule has 2 amide bonds. The molecular formula is C12H20N2O4. The number of carboxylic acid groups (broad SMARTS) is 1. The second-order valence-corrected chi connectivity index (χ2v) is 3.62. The minimum Gasteiger partial charge on any atom is -0.481 e. The van der Waals surface area contributed by atoms with E-state index in [9.17, 15) is 9.59 Å². The first-order valence-electron chi connectivity index (χ1n) is 5.54. The zero-order valence-electron chi connectivity index (χ0n) is 10.6. The maximum absolute atomic E-state index is 11.7. The Hall–Kier alpha value is -1.82. The van der Waals surface area contributed by atoms with Crippen molar-refractivity contribution in [3.63, 3.8) is 0 Å². The highest BCUT2D eigenvalue weighted by atomic mass is 16.5. The molecule has 6 nitrogen and oxygen atoms in total. The van der Waals surface area contributed by atoms with Crippen molar-refractivity contribution in [2.75, 3.05) is 26.7 Å². The molecular weight excluding hydrogens is 236 g/mol. The standard InChI is InChI=1S/C12H20N2O4/c1-4-6-14(7-5-2)12(17)13-9-10(18-3)8-11(15)16/h4-5,10H,1-2,6-9H2,3H3,(H,13,17)(H,15,16). The zero-order valence-corrected chi connectivity index (χ0v) is 10.6. The van der Waals surface area contributed by atoms with E-state index < -0.39 is 12.1 Å². The lowest BCUT2D eigenvalue weighted by Crippen LogP contribution is -2.43. The van der Waals surface area contributed by atoms with Gasteiger partial charge in [-0.05, 0) is 0 Å². The Morgan fingerprint density at radius 1 is 1.39 bits per heavy atom. The normalized spacial score (nSPS) is 11.4. The smallest absolute Gasteiger partial charge is 0.318 e. The molecule has 0 spiro atoms. The van der Waals surface area contributed by atoms with E-state index in [0.29, 0.717) is 13.1 Å². The van der Waals surface area contributed by atoms with Crippen molar-refractivity contribution in [2.45, 2.75) is 12.5 Å². The molecule has 0 heterocycles. The third-order valence-electron chi connectivity index (χ3n) is 2.20. The van der Waals surface area contributed by atoms with E-state index in [1.54, 1.807) is 12.2 Å². The van der Waals surface area contributed by atoms with Crippen LogP contribution in [0.1, 0.15) is 6.42 Å². The van der Waals surface area contributed by atoms with Gasteiger partial charge in [0.25, 0.3) is 0 Å². The SMILES string of the molecule is C=CCN(CC=C)C(=O)NCC(CC(=O)O)OC. The molecule has 1 atom stereocenters. The lowest BCUT2D eigenvalue weighted by atomic mass is 10.2. The largest absolute Gasteiger partial charge is 0.481 e. The van der Waals surface area contributed by atoms with Gasteiger partial charge in [-0.2, -0.15) is 0 Å². The molecule has 0 fully saturated rings. The number of carbonyl (C=O) groups excluding carboxylic acids is 1. The number of hydrogen-bond donors (Lipinski definition) is 2. The summed E-state index contributed by atoms with van der Waals surface area (Å²) in [6, 6.07) is -0.303. The summed E-state index contributed by atoms with van der Waals surface area (Å²) in [5, 5.41) is 11.2. The Morgan fingerprint density at radius 3 is 2.33 bits per heavy atom. The van der Waals surface area contributed by atoms with Gasteiger partial charge >= 0.3 is 12.0 Å². The third kappa shape index (κ3) is 6.70. The number of methoxy groups -OCH3 is 1. The number of carbonyl (C=O) groups is 2. The minimum atomic E-state index is -0.967. The predicted molar refractivity (Wildman–Crippen MR) is 68.4 cm³/mol. The van der Waals surface area contributed by atoms with E-state index in [1.807, 2.05) is 0 Å². The Morgan fingerprint density at radius 2 is 1.94 bits per heavy atom. The first-order valence-corrected chi connectivity index (χ1v) is 5.54. The second-order valence-electron chi connectivity index (χ2n) is 3.62. The first kappa shape index (κ1) is 16.2. The summed E-state index contributed by atoms with van der Waals surface area (Å²) in [6.07, 6.45) is 2.52. The molecule has 0 rings (SSSR count). The second kappa shape index (κ2) is 9.23. The molecule has 0 saturated heterocycles. The maximum atomic E-state index is 11.7. The monoisotopic (exact) mass is 256 g/mol. The molecule has 0 bridgehead atoms. The number of urea groups is 1. The van der Waals surface area contributed by atoms with Crippen LogP contribution in [0.5, 0.6) is 0 Å². The molecule has 0 radical (unpaired) electrons. The van der Waals surface area contributed by atoms with Crippen LogP contribution in [0.25, 0.3) is 0 Å². The summed E-state index contributed by atoms with van der Waals surface area (Å²) >= 11 is 0. The van der Waals surface area contributed by atoms with Gasteiger partial charge in [0, 0.05) is 26.7 Å². The fraction of sp³-hybridized carbons (Fsp3) is 0.500.